The second-order valence-electron chi connectivity index (χ2n) is 7.15. The maximum absolute atomic E-state index is 12.1. The minimum atomic E-state index is -0.309. The lowest BCUT2D eigenvalue weighted by Crippen LogP contribution is -2.25. The lowest BCUT2D eigenvalue weighted by molar-refractivity contribution is -0.123. The van der Waals surface area contributed by atoms with Gasteiger partial charge in [-0.25, -0.2) is 5.43 Å². The molecule has 2 rings (SSSR count). The molecule has 0 fully saturated rings. The number of hydrogen-bond acceptors (Lipinski definition) is 4. The molecule has 0 aliphatic heterocycles. The normalized spacial score (nSPS) is 11.1. The van der Waals surface area contributed by atoms with Gasteiger partial charge in [-0.3, -0.25) is 4.79 Å². The van der Waals surface area contributed by atoms with Crippen LogP contribution in [0.15, 0.2) is 46.0 Å². The van der Waals surface area contributed by atoms with Crippen molar-refractivity contribution in [3.63, 3.8) is 0 Å². The first kappa shape index (κ1) is 22.9. The molecule has 0 heterocycles. The van der Waals surface area contributed by atoms with Crippen molar-refractivity contribution in [2.75, 3.05) is 13.2 Å². The summed E-state index contributed by atoms with van der Waals surface area (Å²) in [6, 6.07) is 11.6. The van der Waals surface area contributed by atoms with Crippen LogP contribution in [0.5, 0.6) is 11.5 Å². The Balaban J connectivity index is 1.85. The first-order chi connectivity index (χ1) is 13.9. The minimum Gasteiger partial charge on any atom is -0.494 e. The molecule has 5 nitrogen and oxygen atoms in total. The predicted molar refractivity (Wildman–Crippen MR) is 121 cm³/mol. The average Bonchev–Trinajstić information content (AvgIpc) is 2.69. The van der Waals surface area contributed by atoms with Crippen LogP contribution in [0.4, 0.5) is 0 Å². The molecule has 2 aromatic carbocycles. The van der Waals surface area contributed by atoms with E-state index in [9.17, 15) is 4.79 Å². The number of unbranched alkanes of at least 4 members (excludes halogenated alkanes) is 1. The minimum absolute atomic E-state index is 0.0949. The van der Waals surface area contributed by atoms with E-state index in [1.807, 2.05) is 43.3 Å². The van der Waals surface area contributed by atoms with E-state index < -0.39 is 0 Å². The van der Waals surface area contributed by atoms with E-state index in [2.05, 4.69) is 47.2 Å². The third kappa shape index (κ3) is 7.54. The number of carbonyl (C=O) groups excluding carboxylic acids is 1. The summed E-state index contributed by atoms with van der Waals surface area (Å²) >= 11 is 3.54. The Morgan fingerprint density at radius 2 is 1.93 bits per heavy atom. The summed E-state index contributed by atoms with van der Waals surface area (Å²) in [7, 11) is 0. The van der Waals surface area contributed by atoms with Crippen LogP contribution < -0.4 is 14.9 Å². The van der Waals surface area contributed by atoms with E-state index in [0.29, 0.717) is 0 Å². The topological polar surface area (TPSA) is 59.9 Å². The Morgan fingerprint density at radius 3 is 2.59 bits per heavy atom. The van der Waals surface area contributed by atoms with E-state index >= 15 is 0 Å². The molecule has 0 saturated carbocycles. The molecule has 0 saturated heterocycles. The van der Waals surface area contributed by atoms with Crippen molar-refractivity contribution in [2.24, 2.45) is 5.10 Å². The summed E-state index contributed by atoms with van der Waals surface area (Å²) in [5.41, 5.74) is 5.49. The average molecular weight is 461 g/mol. The quantitative estimate of drug-likeness (QED) is 0.285. The van der Waals surface area contributed by atoms with Crippen LogP contribution in [-0.4, -0.2) is 25.3 Å². The Morgan fingerprint density at radius 1 is 1.21 bits per heavy atom. The number of halogens is 1. The summed E-state index contributed by atoms with van der Waals surface area (Å²) in [6.45, 7) is 8.93. The van der Waals surface area contributed by atoms with Crippen molar-refractivity contribution in [3.05, 3.63) is 57.6 Å². The molecular formula is C23H29BrN2O3. The molecule has 2 aromatic rings. The summed E-state index contributed by atoms with van der Waals surface area (Å²) in [5.74, 6) is 1.53. The molecule has 0 spiro atoms. The number of rotatable bonds is 10. The van der Waals surface area contributed by atoms with Crippen molar-refractivity contribution in [1.29, 1.82) is 0 Å². The number of hydrazone groups is 1. The van der Waals surface area contributed by atoms with Gasteiger partial charge in [0.05, 0.1) is 12.8 Å². The molecule has 0 unspecified atom stereocenters. The number of aryl methyl sites for hydroxylation is 1. The van der Waals surface area contributed by atoms with Crippen LogP contribution in [0.3, 0.4) is 0 Å². The third-order valence-electron chi connectivity index (χ3n) is 4.32. The molecule has 0 aliphatic rings. The standard InChI is InChI=1S/C23H29BrN2O3/c1-5-6-11-28-19-9-7-18(8-10-19)14-25-26-23(27)15-29-22-12-17(4)21(24)13-20(22)16(2)3/h7-10,12-14,16H,5-6,11,15H2,1-4H3,(H,26,27). The van der Waals surface area contributed by atoms with E-state index in [4.69, 9.17) is 9.47 Å². The van der Waals surface area contributed by atoms with Gasteiger partial charge in [0.1, 0.15) is 11.5 Å². The summed E-state index contributed by atoms with van der Waals surface area (Å²) < 4.78 is 12.4. The van der Waals surface area contributed by atoms with Gasteiger partial charge in [-0.1, -0.05) is 43.1 Å². The van der Waals surface area contributed by atoms with Crippen LogP contribution in [-0.2, 0) is 4.79 Å². The Kier molecular flexibility index (Phi) is 9.19. The number of hydrogen-bond donors (Lipinski definition) is 1. The molecule has 0 aliphatic carbocycles. The van der Waals surface area contributed by atoms with E-state index in [1.165, 1.54) is 0 Å². The van der Waals surface area contributed by atoms with Gasteiger partial charge in [-0.2, -0.15) is 5.10 Å². The second kappa shape index (κ2) is 11.6. The van der Waals surface area contributed by atoms with Gasteiger partial charge in [-0.05, 0) is 72.4 Å². The van der Waals surface area contributed by atoms with Gasteiger partial charge in [-0.15, -0.1) is 0 Å². The largest absolute Gasteiger partial charge is 0.494 e. The molecule has 156 valence electrons. The van der Waals surface area contributed by atoms with E-state index in [1.54, 1.807) is 6.21 Å². The van der Waals surface area contributed by atoms with Crippen LogP contribution >= 0.6 is 15.9 Å². The first-order valence-corrected chi connectivity index (χ1v) is 10.7. The Hall–Kier alpha value is -2.34. The lowest BCUT2D eigenvalue weighted by atomic mass is 10.0. The third-order valence-corrected chi connectivity index (χ3v) is 5.18. The fourth-order valence-electron chi connectivity index (χ4n) is 2.59. The second-order valence-corrected chi connectivity index (χ2v) is 8.00. The highest BCUT2D eigenvalue weighted by atomic mass is 79.9. The first-order valence-electron chi connectivity index (χ1n) is 9.88. The SMILES string of the molecule is CCCCOc1ccc(C=NNC(=O)COc2cc(C)c(Br)cc2C(C)C)cc1. The number of carbonyl (C=O) groups is 1. The zero-order valence-electron chi connectivity index (χ0n) is 17.5. The van der Waals surface area contributed by atoms with E-state index in [-0.39, 0.29) is 18.4 Å². The smallest absolute Gasteiger partial charge is 0.277 e. The highest BCUT2D eigenvalue weighted by molar-refractivity contribution is 9.10. The molecule has 0 bridgehead atoms. The zero-order chi connectivity index (χ0) is 21.2. The van der Waals surface area contributed by atoms with Crippen molar-refractivity contribution in [3.8, 4) is 11.5 Å². The molecule has 1 amide bonds. The highest BCUT2D eigenvalue weighted by Gasteiger charge is 2.12. The molecule has 29 heavy (non-hydrogen) atoms. The molecule has 1 N–H and O–H groups in total. The number of amides is 1. The van der Waals surface area contributed by atoms with Gasteiger partial charge in [0.2, 0.25) is 0 Å². The van der Waals surface area contributed by atoms with Gasteiger partial charge in [0, 0.05) is 4.47 Å². The number of ether oxygens (including phenoxy) is 2. The molecule has 6 heteroatoms. The Bertz CT molecular complexity index is 833. The van der Waals surface area contributed by atoms with Gasteiger partial charge >= 0.3 is 0 Å². The van der Waals surface area contributed by atoms with Gasteiger partial charge < -0.3 is 9.47 Å². The molecular weight excluding hydrogens is 432 g/mol. The van der Waals surface area contributed by atoms with Crippen molar-refractivity contribution in [1.82, 2.24) is 5.43 Å². The van der Waals surface area contributed by atoms with Gasteiger partial charge in [0.25, 0.3) is 5.91 Å². The predicted octanol–water partition coefficient (Wildman–Crippen LogP) is 5.59. The fraction of sp³-hybridized carbons (Fsp3) is 0.391. The van der Waals surface area contributed by atoms with Gasteiger partial charge in [0.15, 0.2) is 6.61 Å². The fourth-order valence-corrected chi connectivity index (χ4v) is 2.95. The van der Waals surface area contributed by atoms with Crippen LogP contribution in [0, 0.1) is 6.92 Å². The van der Waals surface area contributed by atoms with Crippen LogP contribution in [0.2, 0.25) is 0 Å². The number of nitrogens with one attached hydrogen (secondary N) is 1. The summed E-state index contributed by atoms with van der Waals surface area (Å²) in [4.78, 5) is 12.1. The van der Waals surface area contributed by atoms with Crippen LogP contribution in [0.25, 0.3) is 0 Å². The van der Waals surface area contributed by atoms with Crippen molar-refractivity contribution >= 4 is 28.1 Å². The van der Waals surface area contributed by atoms with Crippen molar-refractivity contribution in [2.45, 2.75) is 46.5 Å². The molecule has 0 radical (unpaired) electrons. The summed E-state index contributed by atoms with van der Waals surface area (Å²) in [5, 5.41) is 4.00. The maximum atomic E-state index is 12.1. The maximum Gasteiger partial charge on any atom is 0.277 e. The van der Waals surface area contributed by atoms with Crippen molar-refractivity contribution < 1.29 is 14.3 Å². The highest BCUT2D eigenvalue weighted by Crippen LogP contribution is 2.32. The monoisotopic (exact) mass is 460 g/mol. The molecule has 0 atom stereocenters. The lowest BCUT2D eigenvalue weighted by Gasteiger charge is -2.15. The van der Waals surface area contributed by atoms with Crippen LogP contribution in [0.1, 0.15) is 56.2 Å². The number of benzene rings is 2. The Labute approximate surface area is 181 Å². The number of nitrogens with zero attached hydrogens (tertiary/aromatic N) is 1. The molecule has 0 aromatic heterocycles. The summed E-state index contributed by atoms with van der Waals surface area (Å²) in [6.07, 6.45) is 3.74. The van der Waals surface area contributed by atoms with E-state index in [0.717, 1.165) is 52.1 Å². The zero-order valence-corrected chi connectivity index (χ0v) is 19.1.